The number of aliphatic hydroxyl groups is 1. The second-order valence-electron chi connectivity index (χ2n) is 1.85. The summed E-state index contributed by atoms with van der Waals surface area (Å²) in [5.41, 5.74) is 0. The van der Waals surface area contributed by atoms with E-state index in [0.29, 0.717) is 5.92 Å². The molecule has 1 N–H and O–H groups in total. The van der Waals surface area contributed by atoms with Crippen molar-refractivity contribution >= 4 is 0 Å². The van der Waals surface area contributed by atoms with E-state index in [1.165, 1.54) is 0 Å². The third kappa shape index (κ3) is 10.2. The molecule has 0 saturated carbocycles. The summed E-state index contributed by atoms with van der Waals surface area (Å²) >= 11 is 0. The second kappa shape index (κ2) is 8.14. The molecule has 0 fully saturated rings. The number of aliphatic hydroxyl groups excluding tert-OH is 1. The predicted molar refractivity (Wildman–Crippen MR) is 31.1 cm³/mol. The number of allylic oxidation sites excluding steroid dienone is 1. The monoisotopic (exact) mass is 327 g/mol. The molecule has 8 heavy (non-hydrogen) atoms. The Labute approximate surface area is 86.7 Å². The molecule has 0 heterocycles. The summed E-state index contributed by atoms with van der Waals surface area (Å²) in [4.78, 5) is 0. The van der Waals surface area contributed by atoms with Gasteiger partial charge in [-0.2, -0.15) is 0 Å². The fraction of sp³-hybridized carbons (Fsp3) is 0.667. The summed E-state index contributed by atoms with van der Waals surface area (Å²) in [6.07, 6.45) is 3.73. The molecule has 0 amide bonds. The molecule has 0 aliphatic carbocycles. The third-order valence-electron chi connectivity index (χ3n) is 0.626. The van der Waals surface area contributed by atoms with Gasteiger partial charge in [0.25, 0.3) is 0 Å². The van der Waals surface area contributed by atoms with Crippen LogP contribution < -0.4 is 0 Å². The van der Waals surface area contributed by atoms with Crippen molar-refractivity contribution < 1.29 is 49.2 Å². The molecular weight excluding hydrogens is 315 g/mol. The summed E-state index contributed by atoms with van der Waals surface area (Å²) in [7, 11) is 0. The van der Waals surface area contributed by atoms with Gasteiger partial charge in [-0.05, 0) is 5.92 Å². The van der Waals surface area contributed by atoms with E-state index in [9.17, 15) is 0 Å². The predicted octanol–water partition coefficient (Wildman–Crippen LogP) is 1.19. The van der Waals surface area contributed by atoms with Gasteiger partial charge in [-0.1, -0.05) is 26.0 Å². The fourth-order valence-corrected chi connectivity index (χ4v) is 0.333. The molecule has 1 radical (unpaired) electrons. The zero-order valence-corrected chi connectivity index (χ0v) is 10.2. The zero-order valence-electron chi connectivity index (χ0n) is 5.46. The SMILES string of the molecule is CC(C)/C=C/CO.[Ac]. The van der Waals surface area contributed by atoms with E-state index in [-0.39, 0.29) is 50.7 Å². The van der Waals surface area contributed by atoms with Crippen LogP contribution in [0, 0.1) is 50.0 Å². The smallest absolute Gasteiger partial charge is 0.0612 e. The summed E-state index contributed by atoms with van der Waals surface area (Å²) in [6.45, 7) is 4.32. The molecule has 0 bridgehead atoms. The Kier molecular flexibility index (Phi) is 12.1. The number of hydrogen-bond donors (Lipinski definition) is 1. The van der Waals surface area contributed by atoms with Crippen LogP contribution in [0.5, 0.6) is 0 Å². The van der Waals surface area contributed by atoms with Crippen LogP contribution in [0.25, 0.3) is 0 Å². The molecule has 0 aromatic carbocycles. The molecule has 0 unspecified atom stereocenters. The van der Waals surface area contributed by atoms with Crippen molar-refractivity contribution in [1.29, 1.82) is 0 Å². The van der Waals surface area contributed by atoms with Gasteiger partial charge in [-0.3, -0.25) is 0 Å². The maximum absolute atomic E-state index is 8.23. The molecule has 0 aliphatic heterocycles. The Hall–Kier alpha value is 1.14. The topological polar surface area (TPSA) is 20.2 Å². The van der Waals surface area contributed by atoms with E-state index in [1.54, 1.807) is 6.08 Å². The molecule has 0 aliphatic rings. The van der Waals surface area contributed by atoms with Crippen molar-refractivity contribution in [3.05, 3.63) is 12.2 Å². The molecule has 0 atom stereocenters. The second-order valence-corrected chi connectivity index (χ2v) is 1.85. The van der Waals surface area contributed by atoms with E-state index < -0.39 is 0 Å². The Morgan fingerprint density at radius 1 is 1.50 bits per heavy atom. The standard InChI is InChI=1S/C6H12O.Ac/c1-6(2)4-3-5-7;/h3-4,6-7H,5H2,1-2H3;/b4-3+;. The van der Waals surface area contributed by atoms with Gasteiger partial charge in [0, 0.05) is 44.1 Å². The van der Waals surface area contributed by atoms with E-state index >= 15 is 0 Å². The van der Waals surface area contributed by atoms with Gasteiger partial charge in [-0.25, -0.2) is 0 Å². The molecule has 0 aromatic rings. The van der Waals surface area contributed by atoms with Crippen LogP contribution in [0.4, 0.5) is 0 Å². The van der Waals surface area contributed by atoms with Gasteiger partial charge in [0.2, 0.25) is 0 Å². The maximum Gasteiger partial charge on any atom is 0.0612 e. The Bertz CT molecular complexity index is 59.5. The van der Waals surface area contributed by atoms with E-state index in [2.05, 4.69) is 13.8 Å². The molecule has 0 aromatic heterocycles. The van der Waals surface area contributed by atoms with Gasteiger partial charge in [0.05, 0.1) is 6.61 Å². The average Bonchev–Trinajstić information content (AvgIpc) is 1.61. The minimum atomic E-state index is 0. The summed E-state index contributed by atoms with van der Waals surface area (Å²) in [6, 6.07) is 0. The first-order valence-corrected chi connectivity index (χ1v) is 2.55. The molecule has 45 valence electrons. The first kappa shape index (κ1) is 11.9. The normalized spacial score (nSPS) is 10.0. The minimum absolute atomic E-state index is 0. The number of rotatable bonds is 2. The quantitative estimate of drug-likeness (QED) is 0.756. The van der Waals surface area contributed by atoms with E-state index in [4.69, 9.17) is 5.11 Å². The Balaban J connectivity index is 0. The van der Waals surface area contributed by atoms with Crippen LogP contribution in [-0.4, -0.2) is 11.7 Å². The minimum Gasteiger partial charge on any atom is -0.392 e. The van der Waals surface area contributed by atoms with Crippen LogP contribution in [0.1, 0.15) is 13.8 Å². The average molecular weight is 327 g/mol. The molecule has 2 heteroatoms. The van der Waals surface area contributed by atoms with Crippen molar-refractivity contribution in [2.45, 2.75) is 13.8 Å². The van der Waals surface area contributed by atoms with Gasteiger partial charge in [-0.15, -0.1) is 0 Å². The van der Waals surface area contributed by atoms with Crippen LogP contribution in [-0.2, 0) is 0 Å². The zero-order chi connectivity index (χ0) is 5.70. The first-order valence-electron chi connectivity index (χ1n) is 2.55. The van der Waals surface area contributed by atoms with Crippen LogP contribution in [0.3, 0.4) is 0 Å². The van der Waals surface area contributed by atoms with Gasteiger partial charge >= 0.3 is 0 Å². The van der Waals surface area contributed by atoms with E-state index in [1.807, 2.05) is 6.08 Å². The maximum atomic E-state index is 8.23. The molecule has 0 rings (SSSR count). The van der Waals surface area contributed by atoms with Crippen molar-refractivity contribution in [3.8, 4) is 0 Å². The molecular formula is C6H12AcO. The Morgan fingerprint density at radius 2 is 2.00 bits per heavy atom. The fourth-order valence-electron chi connectivity index (χ4n) is 0.333. The summed E-state index contributed by atoms with van der Waals surface area (Å²) in [5, 5.41) is 8.23. The molecule has 0 saturated heterocycles. The van der Waals surface area contributed by atoms with Gasteiger partial charge in [0.1, 0.15) is 0 Å². The first-order chi connectivity index (χ1) is 3.27. The van der Waals surface area contributed by atoms with E-state index in [0.717, 1.165) is 0 Å². The molecule has 0 spiro atoms. The van der Waals surface area contributed by atoms with Gasteiger partial charge < -0.3 is 5.11 Å². The van der Waals surface area contributed by atoms with Crippen molar-refractivity contribution in [3.63, 3.8) is 0 Å². The van der Waals surface area contributed by atoms with Gasteiger partial charge in [0.15, 0.2) is 0 Å². The summed E-state index contributed by atoms with van der Waals surface area (Å²) < 4.78 is 0. The third-order valence-corrected chi connectivity index (χ3v) is 0.626. The molecule has 1 nitrogen and oxygen atoms in total. The Morgan fingerprint density at radius 3 is 2.12 bits per heavy atom. The largest absolute Gasteiger partial charge is 0.392 e. The summed E-state index contributed by atoms with van der Waals surface area (Å²) in [5.74, 6) is 0.562. The van der Waals surface area contributed by atoms with Crippen molar-refractivity contribution in [2.75, 3.05) is 6.61 Å². The van der Waals surface area contributed by atoms with Crippen LogP contribution >= 0.6 is 0 Å². The van der Waals surface area contributed by atoms with Crippen LogP contribution in [0.2, 0.25) is 0 Å². The van der Waals surface area contributed by atoms with Crippen LogP contribution in [0.15, 0.2) is 12.2 Å². The van der Waals surface area contributed by atoms with Crippen molar-refractivity contribution in [1.82, 2.24) is 0 Å². The number of hydrogen-bond acceptors (Lipinski definition) is 1. The van der Waals surface area contributed by atoms with Crippen molar-refractivity contribution in [2.24, 2.45) is 5.92 Å².